The van der Waals surface area contributed by atoms with E-state index in [1.54, 1.807) is 0 Å². The summed E-state index contributed by atoms with van der Waals surface area (Å²) < 4.78 is 6.40. The summed E-state index contributed by atoms with van der Waals surface area (Å²) in [5.74, 6) is 3.17. The van der Waals surface area contributed by atoms with E-state index in [0.29, 0.717) is 5.92 Å². The molecule has 3 rings (SSSR count). The molecule has 0 saturated heterocycles. The van der Waals surface area contributed by atoms with Gasteiger partial charge < -0.3 is 10.1 Å². The number of hydrogen-bond donors (Lipinski definition) is 1. The predicted molar refractivity (Wildman–Crippen MR) is 87.2 cm³/mol. The third-order valence-corrected chi connectivity index (χ3v) is 3.66. The van der Waals surface area contributed by atoms with Crippen LogP contribution in [0.4, 0.5) is 11.5 Å². The first-order chi connectivity index (χ1) is 10.2. The number of ether oxygens (including phenoxy) is 1. The molecule has 1 fully saturated rings. The molecule has 110 valence electrons. The van der Waals surface area contributed by atoms with Crippen LogP contribution in [0.1, 0.15) is 37.9 Å². The third-order valence-electron chi connectivity index (χ3n) is 3.25. The molecule has 1 aromatic heterocycles. The average Bonchev–Trinajstić information content (AvgIpc) is 3.30. The Balaban J connectivity index is 1.70. The topological polar surface area (TPSA) is 47.0 Å². The minimum absolute atomic E-state index is 0.535. The van der Waals surface area contributed by atoms with E-state index in [1.165, 1.54) is 12.8 Å². The zero-order valence-electron chi connectivity index (χ0n) is 12.0. The van der Waals surface area contributed by atoms with Gasteiger partial charge in [-0.05, 0) is 59.5 Å². The predicted octanol–water partition coefficient (Wildman–Crippen LogP) is 4.65. The number of anilines is 2. The average molecular weight is 348 g/mol. The van der Waals surface area contributed by atoms with Crippen LogP contribution in [-0.4, -0.2) is 16.6 Å². The Bertz CT molecular complexity index is 611. The molecule has 21 heavy (non-hydrogen) atoms. The number of halogens is 1. The molecule has 0 amide bonds. The fourth-order valence-corrected chi connectivity index (χ4v) is 2.42. The second kappa shape index (κ2) is 6.43. The van der Waals surface area contributed by atoms with Crippen molar-refractivity contribution >= 4 is 27.4 Å². The van der Waals surface area contributed by atoms with E-state index in [0.717, 1.165) is 40.7 Å². The van der Waals surface area contributed by atoms with Crippen LogP contribution in [0.15, 0.2) is 34.9 Å². The molecule has 0 aliphatic heterocycles. The van der Waals surface area contributed by atoms with E-state index in [2.05, 4.69) is 38.1 Å². The quantitative estimate of drug-likeness (QED) is 0.772. The van der Waals surface area contributed by atoms with Gasteiger partial charge in [0.15, 0.2) is 0 Å². The maximum atomic E-state index is 5.58. The molecule has 1 aliphatic carbocycles. The van der Waals surface area contributed by atoms with Crippen molar-refractivity contribution in [3.63, 3.8) is 0 Å². The SMILES string of the molecule is CCCOc1ccc(Nc2cc(Br)nc(C3CC3)n2)cc1. The number of rotatable bonds is 6. The molecule has 4 nitrogen and oxygen atoms in total. The van der Waals surface area contributed by atoms with Gasteiger partial charge in [0.25, 0.3) is 0 Å². The summed E-state index contributed by atoms with van der Waals surface area (Å²) in [6.07, 6.45) is 3.40. The molecule has 0 spiro atoms. The first kappa shape index (κ1) is 14.3. The zero-order chi connectivity index (χ0) is 14.7. The highest BCUT2D eigenvalue weighted by Gasteiger charge is 2.27. The van der Waals surface area contributed by atoms with Crippen LogP contribution in [0.5, 0.6) is 5.75 Å². The normalized spacial score (nSPS) is 14.0. The molecule has 0 atom stereocenters. The number of benzene rings is 1. The van der Waals surface area contributed by atoms with Gasteiger partial charge in [-0.15, -0.1) is 0 Å². The Kier molecular flexibility index (Phi) is 4.39. The molecule has 1 aliphatic rings. The lowest BCUT2D eigenvalue weighted by Crippen LogP contribution is -2.00. The van der Waals surface area contributed by atoms with Crippen LogP contribution < -0.4 is 10.1 Å². The molecule has 0 radical (unpaired) electrons. The molecule has 1 N–H and O–H groups in total. The van der Waals surface area contributed by atoms with Gasteiger partial charge in [-0.1, -0.05) is 6.92 Å². The lowest BCUT2D eigenvalue weighted by atomic mass is 10.3. The summed E-state index contributed by atoms with van der Waals surface area (Å²) in [7, 11) is 0. The molecule has 1 aromatic carbocycles. The summed E-state index contributed by atoms with van der Waals surface area (Å²) in [6.45, 7) is 2.84. The Morgan fingerprint density at radius 3 is 2.67 bits per heavy atom. The summed E-state index contributed by atoms with van der Waals surface area (Å²) >= 11 is 3.45. The molecular formula is C16H18BrN3O. The van der Waals surface area contributed by atoms with Gasteiger partial charge in [0.05, 0.1) is 6.61 Å². The Labute approximate surface area is 133 Å². The zero-order valence-corrected chi connectivity index (χ0v) is 13.6. The van der Waals surface area contributed by atoms with Crippen LogP contribution in [-0.2, 0) is 0 Å². The largest absolute Gasteiger partial charge is 0.494 e. The highest BCUT2D eigenvalue weighted by molar-refractivity contribution is 9.10. The van der Waals surface area contributed by atoms with E-state index < -0.39 is 0 Å². The fraction of sp³-hybridized carbons (Fsp3) is 0.375. The van der Waals surface area contributed by atoms with Crippen molar-refractivity contribution in [2.45, 2.75) is 32.1 Å². The van der Waals surface area contributed by atoms with Crippen LogP contribution in [0.3, 0.4) is 0 Å². The lowest BCUT2D eigenvalue weighted by Gasteiger charge is -2.09. The van der Waals surface area contributed by atoms with Crippen molar-refractivity contribution in [2.75, 3.05) is 11.9 Å². The molecular weight excluding hydrogens is 330 g/mol. The summed E-state index contributed by atoms with van der Waals surface area (Å²) in [5.41, 5.74) is 0.992. The molecule has 5 heteroatoms. The monoisotopic (exact) mass is 347 g/mol. The summed E-state index contributed by atoms with van der Waals surface area (Å²) in [4.78, 5) is 9.01. The van der Waals surface area contributed by atoms with Crippen LogP contribution in [0.2, 0.25) is 0 Å². The number of aromatic nitrogens is 2. The maximum absolute atomic E-state index is 5.58. The molecule has 0 unspecified atom stereocenters. The van der Waals surface area contributed by atoms with E-state index >= 15 is 0 Å². The van der Waals surface area contributed by atoms with Crippen LogP contribution in [0.25, 0.3) is 0 Å². The molecule has 2 aromatic rings. The fourth-order valence-electron chi connectivity index (χ4n) is 2.03. The van der Waals surface area contributed by atoms with Gasteiger partial charge in [0.2, 0.25) is 0 Å². The van der Waals surface area contributed by atoms with Gasteiger partial charge in [-0.25, -0.2) is 9.97 Å². The Morgan fingerprint density at radius 1 is 1.24 bits per heavy atom. The van der Waals surface area contributed by atoms with Crippen molar-refractivity contribution in [1.82, 2.24) is 9.97 Å². The third kappa shape index (κ3) is 3.94. The lowest BCUT2D eigenvalue weighted by molar-refractivity contribution is 0.317. The number of nitrogens with zero attached hydrogens (tertiary/aromatic N) is 2. The summed E-state index contributed by atoms with van der Waals surface area (Å²) in [6, 6.07) is 9.83. The second-order valence-electron chi connectivity index (χ2n) is 5.21. The van der Waals surface area contributed by atoms with E-state index in [-0.39, 0.29) is 0 Å². The van der Waals surface area contributed by atoms with Crippen molar-refractivity contribution < 1.29 is 4.74 Å². The van der Waals surface area contributed by atoms with E-state index in [9.17, 15) is 0 Å². The van der Waals surface area contributed by atoms with Gasteiger partial charge in [-0.2, -0.15) is 0 Å². The number of hydrogen-bond acceptors (Lipinski definition) is 4. The Morgan fingerprint density at radius 2 is 2.00 bits per heavy atom. The Hall–Kier alpha value is -1.62. The van der Waals surface area contributed by atoms with E-state index in [4.69, 9.17) is 4.74 Å². The summed E-state index contributed by atoms with van der Waals surface area (Å²) in [5, 5.41) is 3.31. The highest BCUT2D eigenvalue weighted by Crippen LogP contribution is 2.39. The van der Waals surface area contributed by atoms with Gasteiger partial charge in [-0.3, -0.25) is 0 Å². The molecule has 0 bridgehead atoms. The van der Waals surface area contributed by atoms with Gasteiger partial charge >= 0.3 is 0 Å². The van der Waals surface area contributed by atoms with Crippen molar-refractivity contribution in [3.8, 4) is 5.75 Å². The highest BCUT2D eigenvalue weighted by atomic mass is 79.9. The van der Waals surface area contributed by atoms with E-state index in [1.807, 2.05) is 30.3 Å². The van der Waals surface area contributed by atoms with Gasteiger partial charge in [0.1, 0.15) is 22.0 Å². The van der Waals surface area contributed by atoms with Crippen LogP contribution >= 0.6 is 15.9 Å². The van der Waals surface area contributed by atoms with Crippen molar-refractivity contribution in [2.24, 2.45) is 0 Å². The first-order valence-corrected chi connectivity index (χ1v) is 8.08. The van der Waals surface area contributed by atoms with Crippen molar-refractivity contribution in [3.05, 3.63) is 40.8 Å². The standard InChI is InChI=1S/C16H18BrN3O/c1-2-9-21-13-7-5-12(6-8-13)18-15-10-14(17)19-16(20-15)11-3-4-11/h5-8,10-11H,2-4,9H2,1H3,(H,18,19,20). The minimum Gasteiger partial charge on any atom is -0.494 e. The molecule has 1 heterocycles. The maximum Gasteiger partial charge on any atom is 0.135 e. The van der Waals surface area contributed by atoms with Crippen LogP contribution in [0, 0.1) is 0 Å². The second-order valence-corrected chi connectivity index (χ2v) is 6.02. The minimum atomic E-state index is 0.535. The number of nitrogens with one attached hydrogen (secondary N) is 1. The first-order valence-electron chi connectivity index (χ1n) is 7.29. The smallest absolute Gasteiger partial charge is 0.135 e. The van der Waals surface area contributed by atoms with Crippen molar-refractivity contribution in [1.29, 1.82) is 0 Å². The van der Waals surface area contributed by atoms with Gasteiger partial charge in [0, 0.05) is 17.7 Å². The molecule has 1 saturated carbocycles.